The Morgan fingerprint density at radius 1 is 1.37 bits per heavy atom. The summed E-state index contributed by atoms with van der Waals surface area (Å²) in [5, 5.41) is 12.5. The summed E-state index contributed by atoms with van der Waals surface area (Å²) < 4.78 is 0.954. The largest absolute Gasteiger partial charge is 0.409 e. The van der Waals surface area contributed by atoms with Crippen LogP contribution in [-0.4, -0.2) is 21.0 Å². The normalized spacial score (nSPS) is 11.5. The van der Waals surface area contributed by atoms with Gasteiger partial charge < -0.3 is 10.9 Å². The van der Waals surface area contributed by atoms with Crippen LogP contribution in [0, 0.1) is 0 Å². The van der Waals surface area contributed by atoms with Crippen LogP contribution in [0.4, 0.5) is 0 Å². The van der Waals surface area contributed by atoms with Crippen LogP contribution in [0.3, 0.4) is 0 Å². The molecule has 0 bridgehead atoms. The highest BCUT2D eigenvalue weighted by atomic mass is 79.9. The zero-order valence-electron chi connectivity index (χ0n) is 9.82. The van der Waals surface area contributed by atoms with Gasteiger partial charge >= 0.3 is 0 Å². The summed E-state index contributed by atoms with van der Waals surface area (Å²) in [6.45, 7) is 0. The van der Waals surface area contributed by atoms with Gasteiger partial charge in [0.25, 0.3) is 0 Å². The predicted molar refractivity (Wildman–Crippen MR) is 78.2 cm³/mol. The number of aromatic nitrogens is 2. The van der Waals surface area contributed by atoms with Gasteiger partial charge in [0.1, 0.15) is 5.69 Å². The molecular weight excluding hydrogens is 328 g/mol. The van der Waals surface area contributed by atoms with Crippen molar-refractivity contribution in [2.45, 2.75) is 10.8 Å². The number of thioether (sulfide) groups is 1. The minimum Gasteiger partial charge on any atom is -0.409 e. The number of hydrogen-bond acceptors (Lipinski definition) is 5. The first-order valence-corrected chi connectivity index (χ1v) is 7.14. The average Bonchev–Trinajstić information content (AvgIpc) is 2.46. The van der Waals surface area contributed by atoms with Crippen molar-refractivity contribution in [2.24, 2.45) is 10.9 Å². The molecule has 3 N–H and O–H groups in total. The van der Waals surface area contributed by atoms with E-state index in [0.717, 1.165) is 20.8 Å². The second kappa shape index (κ2) is 6.53. The minimum atomic E-state index is 0.00798. The van der Waals surface area contributed by atoms with Crippen molar-refractivity contribution in [1.82, 2.24) is 9.97 Å². The topological polar surface area (TPSA) is 84.4 Å². The first-order valence-electron chi connectivity index (χ1n) is 5.36. The van der Waals surface area contributed by atoms with Crippen LogP contribution in [0.15, 0.2) is 51.3 Å². The third-order valence-corrected chi connectivity index (χ3v) is 3.77. The van der Waals surface area contributed by atoms with Gasteiger partial charge in [0, 0.05) is 22.6 Å². The molecule has 0 aromatic carbocycles. The van der Waals surface area contributed by atoms with Crippen molar-refractivity contribution in [3.05, 3.63) is 52.4 Å². The summed E-state index contributed by atoms with van der Waals surface area (Å²) in [7, 11) is 0. The van der Waals surface area contributed by atoms with Crippen molar-refractivity contribution in [3.63, 3.8) is 0 Å². The molecule has 0 fully saturated rings. The molecule has 0 radical (unpaired) electrons. The first-order chi connectivity index (χ1) is 9.19. The van der Waals surface area contributed by atoms with E-state index in [4.69, 9.17) is 10.9 Å². The Kier molecular flexibility index (Phi) is 4.75. The predicted octanol–water partition coefficient (Wildman–Crippen LogP) is 2.63. The molecule has 0 atom stereocenters. The molecule has 2 aromatic rings. The van der Waals surface area contributed by atoms with E-state index >= 15 is 0 Å². The third kappa shape index (κ3) is 3.93. The fourth-order valence-electron chi connectivity index (χ4n) is 1.36. The van der Waals surface area contributed by atoms with E-state index in [1.165, 1.54) is 0 Å². The Labute approximate surface area is 123 Å². The number of oxime groups is 1. The minimum absolute atomic E-state index is 0.00798. The fraction of sp³-hybridized carbons (Fsp3) is 0.0833. The highest BCUT2D eigenvalue weighted by molar-refractivity contribution is 9.10. The Hall–Kier alpha value is -1.60. The standard InChI is InChI=1S/C12H11BrN4OS/c13-9-1-2-11(16-6-9)19-7-8-3-4-15-10(5-8)12(14)17-18/h1-6,18H,7H2,(H2,14,17). The van der Waals surface area contributed by atoms with Gasteiger partial charge in [-0.25, -0.2) is 4.98 Å². The lowest BCUT2D eigenvalue weighted by Crippen LogP contribution is -2.15. The van der Waals surface area contributed by atoms with Gasteiger partial charge in [0.15, 0.2) is 5.84 Å². The number of halogens is 1. The molecule has 0 aliphatic carbocycles. The molecule has 0 aliphatic rings. The summed E-state index contributed by atoms with van der Waals surface area (Å²) in [5.74, 6) is 0.747. The molecular formula is C12H11BrN4OS. The lowest BCUT2D eigenvalue weighted by atomic mass is 10.2. The van der Waals surface area contributed by atoms with E-state index in [9.17, 15) is 0 Å². The van der Waals surface area contributed by atoms with Crippen LogP contribution in [0.5, 0.6) is 0 Å². The van der Waals surface area contributed by atoms with Gasteiger partial charge in [-0.3, -0.25) is 4.98 Å². The Morgan fingerprint density at radius 2 is 2.21 bits per heavy atom. The summed E-state index contributed by atoms with van der Waals surface area (Å²) in [4.78, 5) is 8.31. The zero-order chi connectivity index (χ0) is 13.7. The third-order valence-electron chi connectivity index (χ3n) is 2.28. The number of amidine groups is 1. The van der Waals surface area contributed by atoms with E-state index in [1.54, 1.807) is 30.2 Å². The fourth-order valence-corrected chi connectivity index (χ4v) is 2.38. The first kappa shape index (κ1) is 13.8. The van der Waals surface area contributed by atoms with Crippen molar-refractivity contribution in [3.8, 4) is 0 Å². The number of pyridine rings is 2. The highest BCUT2D eigenvalue weighted by Crippen LogP contribution is 2.22. The zero-order valence-corrected chi connectivity index (χ0v) is 12.2. The molecule has 2 rings (SSSR count). The Morgan fingerprint density at radius 3 is 2.89 bits per heavy atom. The van der Waals surface area contributed by atoms with E-state index < -0.39 is 0 Å². The van der Waals surface area contributed by atoms with Crippen LogP contribution in [0.2, 0.25) is 0 Å². The van der Waals surface area contributed by atoms with E-state index in [1.807, 2.05) is 18.2 Å². The molecule has 0 aliphatic heterocycles. The van der Waals surface area contributed by atoms with Crippen LogP contribution >= 0.6 is 27.7 Å². The quantitative estimate of drug-likeness (QED) is 0.294. The van der Waals surface area contributed by atoms with E-state index in [-0.39, 0.29) is 5.84 Å². The van der Waals surface area contributed by atoms with Crippen molar-refractivity contribution < 1.29 is 5.21 Å². The highest BCUT2D eigenvalue weighted by Gasteiger charge is 2.03. The van der Waals surface area contributed by atoms with Crippen LogP contribution in [0.1, 0.15) is 11.3 Å². The van der Waals surface area contributed by atoms with Crippen LogP contribution < -0.4 is 5.73 Å². The number of hydrogen-bond donors (Lipinski definition) is 2. The van der Waals surface area contributed by atoms with Gasteiger partial charge in [0.2, 0.25) is 0 Å². The Balaban J connectivity index is 2.05. The second-order valence-electron chi connectivity index (χ2n) is 3.64. The second-order valence-corrected chi connectivity index (χ2v) is 5.55. The number of nitrogens with zero attached hydrogens (tertiary/aromatic N) is 3. The maximum Gasteiger partial charge on any atom is 0.188 e. The summed E-state index contributed by atoms with van der Waals surface area (Å²) in [5.41, 5.74) is 7.00. The molecule has 0 unspecified atom stereocenters. The molecule has 7 heteroatoms. The average molecular weight is 339 g/mol. The monoisotopic (exact) mass is 338 g/mol. The molecule has 2 aromatic heterocycles. The smallest absolute Gasteiger partial charge is 0.188 e. The maximum atomic E-state index is 8.62. The molecule has 98 valence electrons. The van der Waals surface area contributed by atoms with E-state index in [0.29, 0.717) is 5.69 Å². The molecule has 19 heavy (non-hydrogen) atoms. The van der Waals surface area contributed by atoms with Crippen molar-refractivity contribution in [2.75, 3.05) is 0 Å². The molecule has 0 saturated carbocycles. The molecule has 5 nitrogen and oxygen atoms in total. The maximum absolute atomic E-state index is 8.62. The van der Waals surface area contributed by atoms with E-state index in [2.05, 4.69) is 31.1 Å². The molecule has 0 amide bonds. The summed E-state index contributed by atoms with van der Waals surface area (Å²) in [6, 6.07) is 7.57. The summed E-state index contributed by atoms with van der Waals surface area (Å²) in [6.07, 6.45) is 3.40. The summed E-state index contributed by atoms with van der Waals surface area (Å²) >= 11 is 4.95. The molecule has 2 heterocycles. The molecule has 0 spiro atoms. The van der Waals surface area contributed by atoms with Gasteiger partial charge in [-0.15, -0.1) is 11.8 Å². The van der Waals surface area contributed by atoms with Crippen molar-refractivity contribution >= 4 is 33.5 Å². The Bertz CT molecular complexity index is 589. The molecule has 0 saturated heterocycles. The van der Waals surface area contributed by atoms with Gasteiger partial charge in [-0.2, -0.15) is 0 Å². The lowest BCUT2D eigenvalue weighted by Gasteiger charge is -2.03. The van der Waals surface area contributed by atoms with Gasteiger partial charge in [-0.05, 0) is 45.8 Å². The lowest BCUT2D eigenvalue weighted by molar-refractivity contribution is 0.318. The number of rotatable bonds is 4. The number of nitrogens with two attached hydrogens (primary N) is 1. The van der Waals surface area contributed by atoms with Crippen LogP contribution in [-0.2, 0) is 5.75 Å². The van der Waals surface area contributed by atoms with Gasteiger partial charge in [0.05, 0.1) is 5.03 Å². The van der Waals surface area contributed by atoms with Crippen LogP contribution in [0.25, 0.3) is 0 Å². The SMILES string of the molecule is NC(=NO)c1cc(CSc2ccc(Br)cn2)ccn1. The van der Waals surface area contributed by atoms with Crippen molar-refractivity contribution in [1.29, 1.82) is 0 Å². The van der Waals surface area contributed by atoms with Gasteiger partial charge in [-0.1, -0.05) is 5.16 Å².